The average Bonchev–Trinajstić information content (AvgIpc) is 2.50. The van der Waals surface area contributed by atoms with Crippen molar-refractivity contribution in [2.24, 2.45) is 0 Å². The van der Waals surface area contributed by atoms with Crippen LogP contribution in [-0.2, 0) is 0 Å². The molecule has 0 amide bonds. The Labute approximate surface area is 77.3 Å². The van der Waals surface area contributed by atoms with E-state index in [1.165, 1.54) is 16.9 Å². The Balaban J connectivity index is 2.23. The molecule has 0 saturated carbocycles. The summed E-state index contributed by atoms with van der Waals surface area (Å²) in [5.74, 6) is 1.03. The van der Waals surface area contributed by atoms with Crippen molar-refractivity contribution < 1.29 is 4.74 Å². The maximum Gasteiger partial charge on any atom is 0.145 e. The fourth-order valence-corrected chi connectivity index (χ4v) is 2.03. The van der Waals surface area contributed by atoms with E-state index in [2.05, 4.69) is 29.3 Å². The Morgan fingerprint density at radius 2 is 2.38 bits per heavy atom. The number of nitrogens with one attached hydrogen (secondary N) is 1. The van der Waals surface area contributed by atoms with Crippen LogP contribution in [0, 0.1) is 6.92 Å². The Bertz CT molecular complexity index is 362. The van der Waals surface area contributed by atoms with Crippen molar-refractivity contribution in [3.05, 3.63) is 17.7 Å². The minimum Gasteiger partial charge on any atom is -0.489 e. The lowest BCUT2D eigenvalue weighted by molar-refractivity contribution is 0.311. The van der Waals surface area contributed by atoms with Gasteiger partial charge in [0, 0.05) is 0 Å². The number of rotatable bonds is 0. The molecule has 0 saturated heterocycles. The molecule has 0 aliphatic carbocycles. The van der Waals surface area contributed by atoms with Gasteiger partial charge in [0.25, 0.3) is 0 Å². The molecular weight excluding hydrogens is 164 g/mol. The van der Waals surface area contributed by atoms with Crippen LogP contribution in [0.5, 0.6) is 5.75 Å². The fraction of sp³-hybridized carbons (Fsp3) is 0.400. The third kappa shape index (κ3) is 0.899. The molecule has 1 aromatic carbocycles. The third-order valence-corrected chi connectivity index (χ3v) is 2.61. The van der Waals surface area contributed by atoms with Gasteiger partial charge in [0.2, 0.25) is 0 Å². The second-order valence-corrected chi connectivity index (χ2v) is 3.61. The van der Waals surface area contributed by atoms with Gasteiger partial charge in [-0.25, -0.2) is 0 Å². The summed E-state index contributed by atoms with van der Waals surface area (Å²) in [6.07, 6.45) is 0. The zero-order chi connectivity index (χ0) is 8.84. The van der Waals surface area contributed by atoms with E-state index in [1.807, 2.05) is 0 Å². The largest absolute Gasteiger partial charge is 0.489 e. The van der Waals surface area contributed by atoms with Gasteiger partial charge in [0.15, 0.2) is 0 Å². The number of ether oxygens (including phenoxy) is 1. The van der Waals surface area contributed by atoms with Crippen molar-refractivity contribution in [3.63, 3.8) is 0 Å². The lowest BCUT2D eigenvalue weighted by Crippen LogP contribution is -2.31. The molecule has 2 heterocycles. The molecule has 2 aliphatic rings. The number of hydrogen-bond acceptors (Lipinski definition) is 3. The summed E-state index contributed by atoms with van der Waals surface area (Å²) >= 11 is 0. The van der Waals surface area contributed by atoms with E-state index in [0.717, 1.165) is 25.6 Å². The number of aryl methyl sites for hydroxylation is 1. The van der Waals surface area contributed by atoms with E-state index in [-0.39, 0.29) is 0 Å². The van der Waals surface area contributed by atoms with Crippen LogP contribution in [0.1, 0.15) is 5.56 Å². The number of hydrogen-bond donors (Lipinski definition) is 1. The maximum absolute atomic E-state index is 5.61. The Morgan fingerprint density at radius 3 is 3.31 bits per heavy atom. The van der Waals surface area contributed by atoms with Crippen LogP contribution in [0.4, 0.5) is 11.4 Å². The molecule has 0 radical (unpaired) electrons. The summed E-state index contributed by atoms with van der Waals surface area (Å²) in [7, 11) is 0. The molecule has 68 valence electrons. The van der Waals surface area contributed by atoms with Gasteiger partial charge in [-0.2, -0.15) is 0 Å². The number of anilines is 2. The lowest BCUT2D eigenvalue weighted by Gasteiger charge is -2.26. The second kappa shape index (κ2) is 2.31. The normalized spacial score (nSPS) is 17.8. The van der Waals surface area contributed by atoms with Crippen molar-refractivity contribution in [1.29, 1.82) is 0 Å². The molecule has 0 unspecified atom stereocenters. The van der Waals surface area contributed by atoms with Gasteiger partial charge in [0.05, 0.1) is 18.9 Å². The molecule has 3 rings (SSSR count). The molecule has 1 N–H and O–H groups in total. The van der Waals surface area contributed by atoms with Gasteiger partial charge in [-0.3, -0.25) is 0 Å². The minimum atomic E-state index is 0.803. The van der Waals surface area contributed by atoms with E-state index in [1.54, 1.807) is 0 Å². The summed E-state index contributed by atoms with van der Waals surface area (Å²) in [5.41, 5.74) is 3.72. The van der Waals surface area contributed by atoms with Crippen molar-refractivity contribution in [2.75, 3.05) is 30.0 Å². The lowest BCUT2D eigenvalue weighted by atomic mass is 10.1. The molecule has 3 nitrogen and oxygen atoms in total. The SMILES string of the molecule is Cc1cc2c3c(c1)OCCN3CN2. The first-order valence-electron chi connectivity index (χ1n) is 4.61. The first-order chi connectivity index (χ1) is 6.34. The minimum absolute atomic E-state index is 0.803. The van der Waals surface area contributed by atoms with Gasteiger partial charge < -0.3 is 15.0 Å². The zero-order valence-corrected chi connectivity index (χ0v) is 7.63. The summed E-state index contributed by atoms with van der Waals surface area (Å²) in [6.45, 7) is 4.82. The Morgan fingerprint density at radius 1 is 1.46 bits per heavy atom. The van der Waals surface area contributed by atoms with Gasteiger partial charge in [-0.15, -0.1) is 0 Å². The highest BCUT2D eigenvalue weighted by Crippen LogP contribution is 2.42. The average molecular weight is 176 g/mol. The van der Waals surface area contributed by atoms with Crippen molar-refractivity contribution in [3.8, 4) is 5.75 Å². The summed E-state index contributed by atoms with van der Waals surface area (Å²) in [6, 6.07) is 4.28. The summed E-state index contributed by atoms with van der Waals surface area (Å²) in [4.78, 5) is 2.33. The highest BCUT2D eigenvalue weighted by atomic mass is 16.5. The molecule has 3 heteroatoms. The van der Waals surface area contributed by atoms with Crippen LogP contribution in [0.25, 0.3) is 0 Å². The molecule has 1 aromatic rings. The van der Waals surface area contributed by atoms with Crippen molar-refractivity contribution in [2.45, 2.75) is 6.92 Å². The van der Waals surface area contributed by atoms with Crippen LogP contribution in [-0.4, -0.2) is 19.8 Å². The van der Waals surface area contributed by atoms with Crippen LogP contribution < -0.4 is 15.0 Å². The van der Waals surface area contributed by atoms with E-state index < -0.39 is 0 Å². The van der Waals surface area contributed by atoms with Gasteiger partial charge >= 0.3 is 0 Å². The van der Waals surface area contributed by atoms with Crippen molar-refractivity contribution in [1.82, 2.24) is 0 Å². The molecule has 2 aliphatic heterocycles. The molecule has 0 spiro atoms. The van der Waals surface area contributed by atoms with E-state index in [0.29, 0.717) is 0 Å². The van der Waals surface area contributed by atoms with Gasteiger partial charge in [0.1, 0.15) is 18.0 Å². The first kappa shape index (κ1) is 7.06. The molecular formula is C10H12N2O. The van der Waals surface area contributed by atoms with Gasteiger partial charge in [-0.1, -0.05) is 0 Å². The van der Waals surface area contributed by atoms with Crippen LogP contribution in [0.15, 0.2) is 12.1 Å². The topological polar surface area (TPSA) is 24.5 Å². The quantitative estimate of drug-likeness (QED) is 0.649. The number of benzene rings is 1. The predicted molar refractivity (Wildman–Crippen MR) is 52.5 cm³/mol. The standard InChI is InChI=1S/C10H12N2O/c1-7-4-8-10-9(5-7)13-3-2-12(10)6-11-8/h4-5,11H,2-3,6H2,1H3. The smallest absolute Gasteiger partial charge is 0.145 e. The fourth-order valence-electron chi connectivity index (χ4n) is 2.03. The molecule has 0 atom stereocenters. The van der Waals surface area contributed by atoms with Crippen molar-refractivity contribution >= 4 is 11.4 Å². The van der Waals surface area contributed by atoms with E-state index in [4.69, 9.17) is 4.74 Å². The Kier molecular flexibility index (Phi) is 1.26. The third-order valence-electron chi connectivity index (χ3n) is 2.61. The zero-order valence-electron chi connectivity index (χ0n) is 7.63. The second-order valence-electron chi connectivity index (χ2n) is 3.61. The Hall–Kier alpha value is -1.38. The highest BCUT2D eigenvalue weighted by Gasteiger charge is 2.26. The highest BCUT2D eigenvalue weighted by molar-refractivity contribution is 5.82. The molecule has 0 aromatic heterocycles. The van der Waals surface area contributed by atoms with E-state index >= 15 is 0 Å². The van der Waals surface area contributed by atoms with Crippen LogP contribution >= 0.6 is 0 Å². The monoisotopic (exact) mass is 176 g/mol. The molecule has 0 fully saturated rings. The van der Waals surface area contributed by atoms with E-state index in [9.17, 15) is 0 Å². The summed E-state index contributed by atoms with van der Waals surface area (Å²) in [5, 5.41) is 3.37. The summed E-state index contributed by atoms with van der Waals surface area (Å²) < 4.78 is 5.61. The van der Waals surface area contributed by atoms with Crippen LogP contribution in [0.2, 0.25) is 0 Å². The number of nitrogens with zero attached hydrogens (tertiary/aromatic N) is 1. The van der Waals surface area contributed by atoms with Crippen LogP contribution in [0.3, 0.4) is 0 Å². The first-order valence-corrected chi connectivity index (χ1v) is 4.61. The molecule has 13 heavy (non-hydrogen) atoms. The predicted octanol–water partition coefficient (Wildman–Crippen LogP) is 1.58. The van der Waals surface area contributed by atoms with Gasteiger partial charge in [-0.05, 0) is 24.6 Å². The molecule has 0 bridgehead atoms. The maximum atomic E-state index is 5.61.